The van der Waals surface area contributed by atoms with Crippen LogP contribution >= 0.6 is 0 Å². The summed E-state index contributed by atoms with van der Waals surface area (Å²) in [6.07, 6.45) is 0.441. The molecular weight excluding hydrogens is 364 g/mol. The summed E-state index contributed by atoms with van der Waals surface area (Å²) >= 11 is 0. The van der Waals surface area contributed by atoms with Gasteiger partial charge in [0.1, 0.15) is 4.90 Å². The van der Waals surface area contributed by atoms with Crippen LogP contribution in [0.2, 0.25) is 0 Å². The number of aromatic amines is 1. The van der Waals surface area contributed by atoms with Gasteiger partial charge in [0.05, 0.1) is 16.3 Å². The first-order chi connectivity index (χ1) is 11.7. The van der Waals surface area contributed by atoms with Crippen LogP contribution in [0.4, 0.5) is 0 Å². The van der Waals surface area contributed by atoms with Crippen molar-refractivity contribution in [2.24, 2.45) is 0 Å². The summed E-state index contributed by atoms with van der Waals surface area (Å²) in [6.45, 7) is 5.51. The second-order valence-electron chi connectivity index (χ2n) is 5.56. The number of nitrogens with zero attached hydrogens (tertiary/aromatic N) is 1. The number of hydrogen-bond acceptors (Lipinski definition) is 5. The van der Waals surface area contributed by atoms with E-state index in [9.17, 15) is 16.8 Å². The van der Waals surface area contributed by atoms with Gasteiger partial charge < -0.3 is 0 Å². The van der Waals surface area contributed by atoms with Crippen LogP contribution in [0.15, 0.2) is 34.1 Å². The summed E-state index contributed by atoms with van der Waals surface area (Å²) in [6, 6.07) is 6.36. The predicted octanol–water partition coefficient (Wildman–Crippen LogP) is 0.846. The van der Waals surface area contributed by atoms with Crippen LogP contribution < -0.4 is 9.44 Å². The molecule has 2 rings (SSSR count). The number of nitrogens with one attached hydrogen (secondary N) is 3. The molecule has 0 spiro atoms. The van der Waals surface area contributed by atoms with Gasteiger partial charge >= 0.3 is 0 Å². The third-order valence-corrected chi connectivity index (χ3v) is 6.89. The minimum absolute atomic E-state index is 0.166. The molecule has 0 saturated carbocycles. The molecular formula is C15H22N4O4S2. The molecule has 0 amide bonds. The average molecular weight is 386 g/mol. The molecule has 0 saturated heterocycles. The van der Waals surface area contributed by atoms with Crippen molar-refractivity contribution in [3.63, 3.8) is 0 Å². The first kappa shape index (κ1) is 19.6. The van der Waals surface area contributed by atoms with Crippen molar-refractivity contribution >= 4 is 20.0 Å². The van der Waals surface area contributed by atoms with Crippen LogP contribution in [-0.4, -0.2) is 40.1 Å². The Kier molecular flexibility index (Phi) is 5.99. The third kappa shape index (κ3) is 4.66. The highest BCUT2D eigenvalue weighted by atomic mass is 32.2. The Morgan fingerprint density at radius 2 is 1.64 bits per heavy atom. The molecule has 0 unspecified atom stereocenters. The minimum Gasteiger partial charge on any atom is -0.281 e. The largest absolute Gasteiger partial charge is 0.281 e. The maximum Gasteiger partial charge on any atom is 0.244 e. The smallest absolute Gasteiger partial charge is 0.244 e. The SMILES string of the molecule is CCNS(=O)(=O)c1ccc(CCNS(=O)(=O)c2c(C)n[nH]c2C)cc1. The zero-order valence-corrected chi connectivity index (χ0v) is 16.0. The van der Waals surface area contributed by atoms with Gasteiger partial charge in [0.2, 0.25) is 20.0 Å². The van der Waals surface area contributed by atoms with Gasteiger partial charge in [-0.05, 0) is 38.0 Å². The molecule has 0 radical (unpaired) electrons. The molecule has 0 fully saturated rings. The summed E-state index contributed by atoms with van der Waals surface area (Å²) in [5.41, 5.74) is 1.74. The lowest BCUT2D eigenvalue weighted by atomic mass is 10.2. The Bertz CT molecular complexity index is 913. The van der Waals surface area contributed by atoms with Gasteiger partial charge in [-0.1, -0.05) is 19.1 Å². The van der Waals surface area contributed by atoms with Crippen LogP contribution in [0, 0.1) is 13.8 Å². The van der Waals surface area contributed by atoms with Crippen molar-refractivity contribution in [2.75, 3.05) is 13.1 Å². The summed E-state index contributed by atoms with van der Waals surface area (Å²) in [4.78, 5) is 0.350. The Balaban J connectivity index is 2.01. The summed E-state index contributed by atoms with van der Waals surface area (Å²) in [5, 5.41) is 6.54. The van der Waals surface area contributed by atoms with Crippen LogP contribution in [0.1, 0.15) is 23.9 Å². The predicted molar refractivity (Wildman–Crippen MR) is 94.3 cm³/mol. The first-order valence-electron chi connectivity index (χ1n) is 7.77. The first-order valence-corrected chi connectivity index (χ1v) is 10.7. The van der Waals surface area contributed by atoms with Gasteiger partial charge in [-0.25, -0.2) is 26.3 Å². The van der Waals surface area contributed by atoms with E-state index >= 15 is 0 Å². The highest BCUT2D eigenvalue weighted by Crippen LogP contribution is 2.16. The lowest BCUT2D eigenvalue weighted by molar-refractivity contribution is 0.580. The maximum atomic E-state index is 12.3. The number of rotatable bonds is 8. The van der Waals surface area contributed by atoms with Gasteiger partial charge in [0.25, 0.3) is 0 Å². The van der Waals surface area contributed by atoms with E-state index in [1.54, 1.807) is 32.9 Å². The Morgan fingerprint density at radius 3 is 2.16 bits per heavy atom. The van der Waals surface area contributed by atoms with E-state index in [0.717, 1.165) is 5.56 Å². The fourth-order valence-corrected chi connectivity index (χ4v) is 4.89. The van der Waals surface area contributed by atoms with Crippen LogP contribution in [-0.2, 0) is 26.5 Å². The zero-order chi connectivity index (χ0) is 18.7. The molecule has 8 nitrogen and oxygen atoms in total. The Labute approximate surface area is 148 Å². The molecule has 1 heterocycles. The lowest BCUT2D eigenvalue weighted by Crippen LogP contribution is -2.27. The van der Waals surface area contributed by atoms with Crippen molar-refractivity contribution in [1.82, 2.24) is 19.6 Å². The molecule has 0 aliphatic carbocycles. The summed E-state index contributed by atoms with van der Waals surface area (Å²) in [7, 11) is -7.12. The summed E-state index contributed by atoms with van der Waals surface area (Å²) < 4.78 is 53.3. The number of hydrogen-bond donors (Lipinski definition) is 3. The van der Waals surface area contributed by atoms with Gasteiger partial charge in [-0.2, -0.15) is 5.10 Å². The molecule has 0 atom stereocenters. The Hall–Kier alpha value is -1.75. The van der Waals surface area contributed by atoms with Crippen molar-refractivity contribution in [3.05, 3.63) is 41.2 Å². The van der Waals surface area contributed by atoms with Crippen molar-refractivity contribution in [2.45, 2.75) is 37.0 Å². The molecule has 3 N–H and O–H groups in total. The quantitative estimate of drug-likeness (QED) is 0.621. The number of aryl methyl sites for hydroxylation is 2. The van der Waals surface area contributed by atoms with E-state index in [0.29, 0.717) is 24.4 Å². The lowest BCUT2D eigenvalue weighted by Gasteiger charge is -2.08. The van der Waals surface area contributed by atoms with E-state index in [1.807, 2.05) is 0 Å². The second-order valence-corrected chi connectivity index (χ2v) is 9.03. The molecule has 0 bridgehead atoms. The molecule has 10 heteroatoms. The Morgan fingerprint density at radius 1 is 1.00 bits per heavy atom. The maximum absolute atomic E-state index is 12.3. The molecule has 138 valence electrons. The fourth-order valence-electron chi connectivity index (χ4n) is 2.45. The molecule has 1 aromatic carbocycles. The summed E-state index contributed by atoms with van der Waals surface area (Å²) in [5.74, 6) is 0. The standard InChI is InChI=1S/C15H22N4O4S2/c1-4-16-24(20,21)14-7-5-13(6-8-14)9-10-17-25(22,23)15-11(2)18-19-12(15)3/h5-8,16-17H,4,9-10H2,1-3H3,(H,18,19). The van der Waals surface area contributed by atoms with Crippen molar-refractivity contribution < 1.29 is 16.8 Å². The number of sulfonamides is 2. The van der Waals surface area contributed by atoms with E-state index in [4.69, 9.17) is 0 Å². The average Bonchev–Trinajstić information content (AvgIpc) is 2.87. The number of benzene rings is 1. The van der Waals surface area contributed by atoms with Crippen molar-refractivity contribution in [3.8, 4) is 0 Å². The van der Waals surface area contributed by atoms with Crippen LogP contribution in [0.25, 0.3) is 0 Å². The second kappa shape index (κ2) is 7.65. The fraction of sp³-hybridized carbons (Fsp3) is 0.400. The highest BCUT2D eigenvalue weighted by Gasteiger charge is 2.21. The van der Waals surface area contributed by atoms with Gasteiger partial charge in [0.15, 0.2) is 0 Å². The van der Waals surface area contributed by atoms with E-state index in [2.05, 4.69) is 19.6 Å². The monoisotopic (exact) mass is 386 g/mol. The van der Waals surface area contributed by atoms with Crippen molar-refractivity contribution in [1.29, 1.82) is 0 Å². The number of H-pyrrole nitrogens is 1. The van der Waals surface area contributed by atoms with Crippen LogP contribution in [0.5, 0.6) is 0 Å². The van der Waals surface area contributed by atoms with Crippen LogP contribution in [0.3, 0.4) is 0 Å². The van der Waals surface area contributed by atoms with E-state index in [-0.39, 0.29) is 16.3 Å². The van der Waals surface area contributed by atoms with Gasteiger partial charge in [-0.15, -0.1) is 0 Å². The third-order valence-electron chi connectivity index (χ3n) is 3.60. The van der Waals surface area contributed by atoms with E-state index in [1.165, 1.54) is 12.1 Å². The molecule has 1 aromatic heterocycles. The van der Waals surface area contributed by atoms with E-state index < -0.39 is 20.0 Å². The zero-order valence-electron chi connectivity index (χ0n) is 14.3. The number of aromatic nitrogens is 2. The minimum atomic E-state index is -3.64. The highest BCUT2D eigenvalue weighted by molar-refractivity contribution is 7.89. The molecule has 0 aliphatic heterocycles. The van der Waals surface area contributed by atoms with Gasteiger partial charge in [0, 0.05) is 13.1 Å². The molecule has 2 aromatic rings. The topological polar surface area (TPSA) is 121 Å². The normalized spacial score (nSPS) is 12.4. The molecule has 0 aliphatic rings. The molecule has 25 heavy (non-hydrogen) atoms. The van der Waals surface area contributed by atoms with Gasteiger partial charge in [-0.3, -0.25) is 5.10 Å².